The van der Waals surface area contributed by atoms with Gasteiger partial charge < -0.3 is 0 Å². The molecule has 0 saturated carbocycles. The van der Waals surface area contributed by atoms with Gasteiger partial charge in [-0.05, 0) is 23.1 Å². The van der Waals surface area contributed by atoms with Gasteiger partial charge in [-0.25, -0.2) is 0 Å². The molecule has 0 saturated heterocycles. The third-order valence-corrected chi connectivity index (χ3v) is 3.32. The van der Waals surface area contributed by atoms with E-state index >= 15 is 0 Å². The summed E-state index contributed by atoms with van der Waals surface area (Å²) in [5.74, 6) is 0. The summed E-state index contributed by atoms with van der Waals surface area (Å²) in [6.07, 6.45) is 3.55. The number of nitrogens with zero attached hydrogens (tertiary/aromatic N) is 1. The Morgan fingerprint density at radius 3 is 2.85 bits per heavy atom. The maximum atomic E-state index is 6.24. The van der Waals surface area contributed by atoms with Gasteiger partial charge >= 0.3 is 0 Å². The molecule has 2 aromatic rings. The lowest BCUT2D eigenvalue weighted by atomic mass is 10.2. The minimum Gasteiger partial charge on any atom is -0.264 e. The fraction of sp³-hybridized carbons (Fsp3) is 0.100. The van der Waals surface area contributed by atoms with E-state index in [9.17, 15) is 0 Å². The average Bonchev–Trinajstić information content (AvgIpc) is 2.71. The van der Waals surface area contributed by atoms with Crippen molar-refractivity contribution in [1.29, 1.82) is 0 Å². The molecule has 1 atom stereocenters. The van der Waals surface area contributed by atoms with Crippen LogP contribution in [0.15, 0.2) is 42.0 Å². The molecule has 66 valence electrons. The third-order valence-electron chi connectivity index (χ3n) is 1.77. The largest absolute Gasteiger partial charge is 0.264 e. The Morgan fingerprint density at radius 2 is 2.23 bits per heavy atom. The number of pyridine rings is 1. The van der Waals surface area contributed by atoms with Gasteiger partial charge in [-0.2, -0.15) is 0 Å². The Hall–Kier alpha value is -0.860. The molecule has 0 amide bonds. The summed E-state index contributed by atoms with van der Waals surface area (Å²) in [4.78, 5) is 5.20. The molecule has 0 bridgehead atoms. The van der Waals surface area contributed by atoms with E-state index in [-0.39, 0.29) is 5.38 Å². The molecule has 1 nitrogen and oxygen atoms in total. The van der Waals surface area contributed by atoms with E-state index in [1.807, 2.05) is 29.6 Å². The van der Waals surface area contributed by atoms with Gasteiger partial charge in [0.15, 0.2) is 0 Å². The number of hydrogen-bond donors (Lipinski definition) is 0. The minimum atomic E-state index is -0.0614. The van der Waals surface area contributed by atoms with Crippen LogP contribution in [0.2, 0.25) is 0 Å². The summed E-state index contributed by atoms with van der Waals surface area (Å²) in [7, 11) is 0. The number of thiophene rings is 1. The summed E-state index contributed by atoms with van der Waals surface area (Å²) < 4.78 is 0. The van der Waals surface area contributed by atoms with Crippen LogP contribution < -0.4 is 0 Å². The molecule has 0 aromatic carbocycles. The lowest BCUT2D eigenvalue weighted by Gasteiger charge is -2.05. The first-order chi connectivity index (χ1) is 6.38. The van der Waals surface area contributed by atoms with Crippen LogP contribution in [0.4, 0.5) is 0 Å². The van der Waals surface area contributed by atoms with Crippen LogP contribution in [0.3, 0.4) is 0 Å². The molecule has 2 heterocycles. The average molecular weight is 210 g/mol. The molecule has 2 aromatic heterocycles. The molecule has 0 aliphatic heterocycles. The highest BCUT2D eigenvalue weighted by molar-refractivity contribution is 7.10. The maximum absolute atomic E-state index is 6.24. The molecule has 0 fully saturated rings. The van der Waals surface area contributed by atoms with Gasteiger partial charge in [0.2, 0.25) is 0 Å². The van der Waals surface area contributed by atoms with Crippen molar-refractivity contribution < 1.29 is 0 Å². The van der Waals surface area contributed by atoms with Crippen LogP contribution in [0.25, 0.3) is 0 Å². The van der Waals surface area contributed by atoms with E-state index in [1.165, 1.54) is 0 Å². The van der Waals surface area contributed by atoms with Crippen molar-refractivity contribution in [2.24, 2.45) is 0 Å². The number of rotatable bonds is 2. The Kier molecular flexibility index (Phi) is 2.62. The highest BCUT2D eigenvalue weighted by Crippen LogP contribution is 2.30. The highest BCUT2D eigenvalue weighted by Gasteiger charge is 2.10. The number of halogens is 1. The van der Waals surface area contributed by atoms with E-state index in [2.05, 4.69) is 4.98 Å². The Morgan fingerprint density at radius 1 is 1.31 bits per heavy atom. The standard InChI is InChI=1S/C10H8ClNS/c11-10(9-4-2-6-13-9)8-3-1-5-12-7-8/h1-7,10H. The fourth-order valence-electron chi connectivity index (χ4n) is 1.13. The molecule has 0 spiro atoms. The second-order valence-corrected chi connectivity index (χ2v) is 4.08. The summed E-state index contributed by atoms with van der Waals surface area (Å²) >= 11 is 7.91. The quantitative estimate of drug-likeness (QED) is 0.691. The summed E-state index contributed by atoms with van der Waals surface area (Å²) in [6.45, 7) is 0. The molecule has 3 heteroatoms. The van der Waals surface area contributed by atoms with E-state index in [1.54, 1.807) is 23.7 Å². The van der Waals surface area contributed by atoms with Crippen LogP contribution in [0, 0.1) is 0 Å². The molecular formula is C10H8ClNS. The van der Waals surface area contributed by atoms with E-state index in [0.717, 1.165) is 10.4 Å². The van der Waals surface area contributed by atoms with E-state index < -0.39 is 0 Å². The third kappa shape index (κ3) is 1.90. The Labute approximate surface area is 86.0 Å². The predicted octanol–water partition coefficient (Wildman–Crippen LogP) is 3.47. The predicted molar refractivity (Wildman–Crippen MR) is 56.3 cm³/mol. The van der Waals surface area contributed by atoms with Gasteiger partial charge in [0, 0.05) is 17.3 Å². The van der Waals surface area contributed by atoms with Crippen LogP contribution in [0.1, 0.15) is 15.8 Å². The molecule has 0 N–H and O–H groups in total. The van der Waals surface area contributed by atoms with Crippen molar-refractivity contribution in [2.45, 2.75) is 5.38 Å². The number of aromatic nitrogens is 1. The first-order valence-corrected chi connectivity index (χ1v) is 5.27. The maximum Gasteiger partial charge on any atom is 0.0942 e. The van der Waals surface area contributed by atoms with Crippen molar-refractivity contribution in [3.05, 3.63) is 52.5 Å². The Bertz CT molecular complexity index is 358. The van der Waals surface area contributed by atoms with Crippen LogP contribution >= 0.6 is 22.9 Å². The summed E-state index contributed by atoms with van der Waals surface area (Å²) in [6, 6.07) is 7.93. The molecular weight excluding hydrogens is 202 g/mol. The minimum absolute atomic E-state index is 0.0614. The monoisotopic (exact) mass is 209 g/mol. The zero-order valence-electron chi connectivity index (χ0n) is 6.85. The topological polar surface area (TPSA) is 12.9 Å². The second kappa shape index (κ2) is 3.90. The van der Waals surface area contributed by atoms with Crippen LogP contribution in [0.5, 0.6) is 0 Å². The zero-order chi connectivity index (χ0) is 9.10. The smallest absolute Gasteiger partial charge is 0.0942 e. The summed E-state index contributed by atoms with van der Waals surface area (Å²) in [5.41, 5.74) is 1.05. The van der Waals surface area contributed by atoms with Gasteiger partial charge in [0.25, 0.3) is 0 Å². The lowest BCUT2D eigenvalue weighted by molar-refractivity contribution is 1.14. The Balaban J connectivity index is 2.29. The van der Waals surface area contributed by atoms with Gasteiger partial charge in [-0.1, -0.05) is 12.1 Å². The van der Waals surface area contributed by atoms with Crippen LogP contribution in [-0.4, -0.2) is 4.98 Å². The van der Waals surface area contributed by atoms with E-state index in [4.69, 9.17) is 11.6 Å². The SMILES string of the molecule is ClC(c1cccnc1)c1cccs1. The number of hydrogen-bond acceptors (Lipinski definition) is 2. The van der Waals surface area contributed by atoms with Gasteiger partial charge in [0.1, 0.15) is 0 Å². The highest BCUT2D eigenvalue weighted by atomic mass is 35.5. The fourth-order valence-corrected chi connectivity index (χ4v) is 2.21. The first-order valence-electron chi connectivity index (χ1n) is 3.95. The molecule has 0 radical (unpaired) electrons. The zero-order valence-corrected chi connectivity index (χ0v) is 8.42. The number of alkyl halides is 1. The molecule has 0 aliphatic rings. The van der Waals surface area contributed by atoms with Gasteiger partial charge in [-0.15, -0.1) is 22.9 Å². The molecule has 2 rings (SSSR count). The van der Waals surface area contributed by atoms with Crippen LogP contribution in [-0.2, 0) is 0 Å². The first kappa shape index (κ1) is 8.73. The molecule has 13 heavy (non-hydrogen) atoms. The van der Waals surface area contributed by atoms with Crippen molar-refractivity contribution in [3.8, 4) is 0 Å². The van der Waals surface area contributed by atoms with Crippen molar-refractivity contribution >= 4 is 22.9 Å². The van der Waals surface area contributed by atoms with E-state index in [0.29, 0.717) is 0 Å². The normalized spacial score (nSPS) is 12.7. The molecule has 0 aliphatic carbocycles. The lowest BCUT2D eigenvalue weighted by Crippen LogP contribution is -1.89. The molecule has 1 unspecified atom stereocenters. The van der Waals surface area contributed by atoms with Crippen molar-refractivity contribution in [2.75, 3.05) is 0 Å². The van der Waals surface area contributed by atoms with Crippen molar-refractivity contribution in [3.63, 3.8) is 0 Å². The van der Waals surface area contributed by atoms with Gasteiger partial charge in [0.05, 0.1) is 5.38 Å². The van der Waals surface area contributed by atoms with Crippen molar-refractivity contribution in [1.82, 2.24) is 4.98 Å². The second-order valence-electron chi connectivity index (χ2n) is 2.66. The van der Waals surface area contributed by atoms with Gasteiger partial charge in [-0.3, -0.25) is 4.98 Å². The summed E-state index contributed by atoms with van der Waals surface area (Å²) in [5, 5.41) is 1.97.